The van der Waals surface area contributed by atoms with E-state index in [-0.39, 0.29) is 17.4 Å². The Bertz CT molecular complexity index is 279. The highest BCUT2D eigenvalue weighted by Gasteiger charge is 2.06. The van der Waals surface area contributed by atoms with Crippen molar-refractivity contribution in [2.75, 3.05) is 0 Å². The van der Waals surface area contributed by atoms with E-state index in [0.29, 0.717) is 0 Å². The van der Waals surface area contributed by atoms with Crippen LogP contribution in [0.15, 0.2) is 17.3 Å². The molecule has 3 N–H and O–H groups in total. The Labute approximate surface area is 64.1 Å². The zero-order valence-electron chi connectivity index (χ0n) is 4.81. The lowest BCUT2D eigenvalue weighted by atomic mass is 10.8. The van der Waals surface area contributed by atoms with Gasteiger partial charge in [-0.2, -0.15) is 5.10 Å². The molecule has 1 aromatic heterocycles. The Morgan fingerprint density at radius 3 is 2.40 bits per heavy atom. The molecule has 1 heterocycles. The molecular formula is C3H6ClN3O2S. The highest BCUT2D eigenvalue weighted by Crippen LogP contribution is 1.96. The van der Waals surface area contributed by atoms with Gasteiger partial charge in [0.1, 0.15) is 0 Å². The molecule has 0 atom stereocenters. The molecule has 0 saturated carbocycles. The van der Waals surface area contributed by atoms with Crippen LogP contribution in [0.5, 0.6) is 0 Å². The molecule has 0 unspecified atom stereocenters. The molecule has 1 rings (SSSR count). The van der Waals surface area contributed by atoms with Crippen molar-refractivity contribution in [3.8, 4) is 0 Å². The minimum absolute atomic E-state index is 0. The summed E-state index contributed by atoms with van der Waals surface area (Å²) in [5, 5.41) is 10.3. The molecule has 58 valence electrons. The molecular weight excluding hydrogens is 178 g/mol. The summed E-state index contributed by atoms with van der Waals surface area (Å²) in [5.41, 5.74) is 0. The van der Waals surface area contributed by atoms with Gasteiger partial charge in [0.2, 0.25) is 0 Å². The lowest BCUT2D eigenvalue weighted by Crippen LogP contribution is -2.12. The summed E-state index contributed by atoms with van der Waals surface area (Å²) in [5.74, 6) is 0. The number of aromatic nitrogens is 2. The first-order valence-corrected chi connectivity index (χ1v) is 3.67. The van der Waals surface area contributed by atoms with Crippen LogP contribution >= 0.6 is 12.4 Å². The number of nitrogens with zero attached hydrogens (tertiary/aromatic N) is 1. The van der Waals surface area contributed by atoms with Crippen LogP contribution in [-0.2, 0) is 10.0 Å². The Kier molecular flexibility index (Phi) is 2.82. The van der Waals surface area contributed by atoms with Crippen LogP contribution in [0.1, 0.15) is 0 Å². The number of sulfonamides is 1. The standard InChI is InChI=1S/C3H5N3O2S.ClH/c4-9(7,8)3-1-2-5-6-3;/h1-2H,(H,5,6)(H2,4,7,8);1H. The quantitative estimate of drug-likeness (QED) is 0.614. The van der Waals surface area contributed by atoms with Crippen molar-refractivity contribution >= 4 is 22.4 Å². The number of hydrogen-bond acceptors (Lipinski definition) is 3. The maximum Gasteiger partial charge on any atom is 0.254 e. The molecule has 0 aromatic carbocycles. The monoisotopic (exact) mass is 183 g/mol. The Morgan fingerprint density at radius 2 is 2.20 bits per heavy atom. The molecule has 0 spiro atoms. The van der Waals surface area contributed by atoms with Crippen LogP contribution < -0.4 is 5.14 Å². The van der Waals surface area contributed by atoms with Crippen LogP contribution in [0.2, 0.25) is 0 Å². The number of H-pyrrole nitrogens is 1. The summed E-state index contributed by atoms with van der Waals surface area (Å²) in [6.45, 7) is 0. The molecule has 0 bridgehead atoms. The van der Waals surface area contributed by atoms with Crippen molar-refractivity contribution in [2.45, 2.75) is 5.03 Å². The van der Waals surface area contributed by atoms with Crippen molar-refractivity contribution in [1.29, 1.82) is 0 Å². The number of nitrogens with one attached hydrogen (secondary N) is 1. The normalized spacial score (nSPS) is 10.5. The first-order valence-electron chi connectivity index (χ1n) is 2.13. The van der Waals surface area contributed by atoms with Crippen molar-refractivity contribution in [3.63, 3.8) is 0 Å². The van der Waals surface area contributed by atoms with Gasteiger partial charge in [0.05, 0.1) is 6.20 Å². The fourth-order valence-corrected chi connectivity index (χ4v) is 0.832. The largest absolute Gasteiger partial charge is 0.266 e. The number of hydrogen-bond donors (Lipinski definition) is 2. The van der Waals surface area contributed by atoms with E-state index in [9.17, 15) is 8.42 Å². The fraction of sp³-hybridized carbons (Fsp3) is 0. The van der Waals surface area contributed by atoms with Gasteiger partial charge >= 0.3 is 0 Å². The maximum atomic E-state index is 10.4. The second kappa shape index (κ2) is 3.00. The second-order valence-electron chi connectivity index (χ2n) is 1.47. The predicted octanol–water partition coefficient (Wildman–Crippen LogP) is -0.521. The van der Waals surface area contributed by atoms with E-state index in [0.717, 1.165) is 0 Å². The molecule has 0 fully saturated rings. The first kappa shape index (κ1) is 9.41. The van der Waals surface area contributed by atoms with E-state index in [1.807, 2.05) is 0 Å². The van der Waals surface area contributed by atoms with Crippen molar-refractivity contribution < 1.29 is 8.42 Å². The van der Waals surface area contributed by atoms with Gasteiger partial charge in [-0.1, -0.05) is 0 Å². The highest BCUT2D eigenvalue weighted by molar-refractivity contribution is 7.89. The SMILES string of the molecule is Cl.NS(=O)(=O)c1ccn[nH]1. The van der Waals surface area contributed by atoms with Crippen LogP contribution in [0.25, 0.3) is 0 Å². The highest BCUT2D eigenvalue weighted by atomic mass is 35.5. The molecule has 0 amide bonds. The number of rotatable bonds is 1. The second-order valence-corrected chi connectivity index (χ2v) is 3.00. The zero-order valence-corrected chi connectivity index (χ0v) is 6.45. The molecule has 1 aromatic rings. The van der Waals surface area contributed by atoms with Gasteiger partial charge in [0.15, 0.2) is 5.03 Å². The third-order valence-corrected chi connectivity index (χ3v) is 1.62. The predicted molar refractivity (Wildman–Crippen MR) is 37.2 cm³/mol. The molecule has 7 heteroatoms. The average molecular weight is 184 g/mol. The molecule has 0 aliphatic heterocycles. The van der Waals surface area contributed by atoms with Crippen molar-refractivity contribution in [3.05, 3.63) is 12.3 Å². The van der Waals surface area contributed by atoms with E-state index in [4.69, 9.17) is 5.14 Å². The van der Waals surface area contributed by atoms with E-state index in [2.05, 4.69) is 10.2 Å². The van der Waals surface area contributed by atoms with Gasteiger partial charge in [0.25, 0.3) is 10.0 Å². The third kappa shape index (κ3) is 1.98. The van der Waals surface area contributed by atoms with Gasteiger partial charge < -0.3 is 0 Å². The smallest absolute Gasteiger partial charge is 0.254 e. The molecule has 0 aliphatic carbocycles. The zero-order chi connectivity index (χ0) is 6.91. The molecule has 0 saturated heterocycles. The topological polar surface area (TPSA) is 88.8 Å². The van der Waals surface area contributed by atoms with Gasteiger partial charge in [-0.3, -0.25) is 5.10 Å². The van der Waals surface area contributed by atoms with Crippen LogP contribution in [0.4, 0.5) is 0 Å². The van der Waals surface area contributed by atoms with E-state index >= 15 is 0 Å². The summed E-state index contributed by atoms with van der Waals surface area (Å²) >= 11 is 0. The van der Waals surface area contributed by atoms with Gasteiger partial charge in [-0.25, -0.2) is 13.6 Å². The molecule has 10 heavy (non-hydrogen) atoms. The Morgan fingerprint density at radius 1 is 1.60 bits per heavy atom. The van der Waals surface area contributed by atoms with Crippen LogP contribution in [-0.4, -0.2) is 18.6 Å². The Hall–Kier alpha value is -0.590. The lowest BCUT2D eigenvalue weighted by Gasteiger charge is -1.86. The van der Waals surface area contributed by atoms with Gasteiger partial charge in [-0.15, -0.1) is 12.4 Å². The summed E-state index contributed by atoms with van der Waals surface area (Å²) in [4.78, 5) is 0. The van der Waals surface area contributed by atoms with Gasteiger partial charge in [0, 0.05) is 0 Å². The lowest BCUT2D eigenvalue weighted by molar-refractivity contribution is 0.593. The average Bonchev–Trinajstić information content (AvgIpc) is 2.08. The summed E-state index contributed by atoms with van der Waals surface area (Å²) < 4.78 is 20.8. The van der Waals surface area contributed by atoms with Gasteiger partial charge in [-0.05, 0) is 6.07 Å². The maximum absolute atomic E-state index is 10.4. The minimum Gasteiger partial charge on any atom is -0.266 e. The van der Waals surface area contributed by atoms with Crippen molar-refractivity contribution in [2.24, 2.45) is 5.14 Å². The van der Waals surface area contributed by atoms with E-state index < -0.39 is 10.0 Å². The minimum atomic E-state index is -3.58. The van der Waals surface area contributed by atoms with E-state index in [1.54, 1.807) is 0 Å². The number of halogens is 1. The number of primary sulfonamides is 1. The fourth-order valence-electron chi connectivity index (χ4n) is 0.402. The van der Waals surface area contributed by atoms with Crippen molar-refractivity contribution in [1.82, 2.24) is 10.2 Å². The number of nitrogens with two attached hydrogens (primary N) is 1. The van der Waals surface area contributed by atoms with Crippen LogP contribution in [0, 0.1) is 0 Å². The van der Waals surface area contributed by atoms with Crippen LogP contribution in [0.3, 0.4) is 0 Å². The first-order chi connectivity index (χ1) is 4.11. The molecule has 0 aliphatic rings. The summed E-state index contributed by atoms with van der Waals surface area (Å²) in [6.07, 6.45) is 1.32. The number of aromatic amines is 1. The summed E-state index contributed by atoms with van der Waals surface area (Å²) in [7, 11) is -3.58. The molecule has 5 nitrogen and oxygen atoms in total. The Balaban J connectivity index is 0.000000810. The summed E-state index contributed by atoms with van der Waals surface area (Å²) in [6, 6.07) is 1.29. The third-order valence-electron chi connectivity index (χ3n) is 0.782. The molecule has 0 radical (unpaired) electrons. The van der Waals surface area contributed by atoms with E-state index in [1.165, 1.54) is 12.3 Å².